The molecule has 37 heavy (non-hydrogen) atoms. The molecule has 1 atom stereocenters. The van der Waals surface area contributed by atoms with Gasteiger partial charge in [-0.3, -0.25) is 4.79 Å². The maximum atomic E-state index is 13.0. The fourth-order valence-electron chi connectivity index (χ4n) is 5.02. The zero-order valence-electron chi connectivity index (χ0n) is 20.5. The first kappa shape index (κ1) is 24.6. The summed E-state index contributed by atoms with van der Waals surface area (Å²) < 4.78 is 32.7. The highest BCUT2D eigenvalue weighted by Crippen LogP contribution is 2.35. The molecule has 0 saturated carbocycles. The number of hydrogen-bond acceptors (Lipinski definition) is 6. The number of fused-ring (bicyclic) bond motifs is 1. The van der Waals surface area contributed by atoms with Crippen LogP contribution in [-0.4, -0.2) is 50.1 Å². The first-order valence-corrected chi connectivity index (χ1v) is 12.1. The summed E-state index contributed by atoms with van der Waals surface area (Å²) in [6, 6.07) is 10.7. The van der Waals surface area contributed by atoms with E-state index < -0.39 is 12.6 Å². The highest BCUT2D eigenvalue weighted by molar-refractivity contribution is 5.70. The van der Waals surface area contributed by atoms with Gasteiger partial charge in [-0.2, -0.15) is 8.78 Å². The molecule has 4 heterocycles. The average molecular weight is 508 g/mol. The van der Waals surface area contributed by atoms with Crippen molar-refractivity contribution in [3.05, 3.63) is 71.9 Å². The van der Waals surface area contributed by atoms with E-state index >= 15 is 0 Å². The van der Waals surface area contributed by atoms with E-state index in [0.29, 0.717) is 37.4 Å². The van der Waals surface area contributed by atoms with Crippen molar-refractivity contribution >= 4 is 17.6 Å². The molecule has 0 aliphatic carbocycles. The second-order valence-electron chi connectivity index (χ2n) is 9.24. The van der Waals surface area contributed by atoms with Crippen LogP contribution in [-0.2, 0) is 4.79 Å². The topological polar surface area (TPSA) is 92.9 Å². The average Bonchev–Trinajstić information content (AvgIpc) is 3.23. The molecule has 192 valence electrons. The summed E-state index contributed by atoms with van der Waals surface area (Å²) in [6.07, 6.45) is 6.61. The van der Waals surface area contributed by atoms with Crippen molar-refractivity contribution in [2.24, 2.45) is 5.92 Å². The van der Waals surface area contributed by atoms with E-state index in [0.717, 1.165) is 28.2 Å². The monoisotopic (exact) mass is 507 g/mol. The van der Waals surface area contributed by atoms with Gasteiger partial charge in [0.1, 0.15) is 11.4 Å². The number of nitrogens with zero attached hydrogens (tertiary/aromatic N) is 5. The standard InChI is InChI=1S/C27H27F2N5O3/c1-16(21-5-3-4-6-22(21)37-26(28)29)24-17(2)32-23-8-7-19(15-34(23)24)20-13-30-27(31-14-20)33-11-9-18(10-12-33)25(35)36/h3-8,13-16,18,26H,9-12H2,1-2H3,(H,35,36). The SMILES string of the molecule is Cc1nc2ccc(-c3cnc(N4CCC(C(=O)O)CC4)nc3)cn2c1C(C)c1ccccc1OC(F)F. The second kappa shape index (κ2) is 10.1. The zero-order valence-corrected chi connectivity index (χ0v) is 20.5. The van der Waals surface area contributed by atoms with Gasteiger partial charge in [0.15, 0.2) is 0 Å². The summed E-state index contributed by atoms with van der Waals surface area (Å²) in [5.41, 5.74) is 4.77. The molecule has 0 spiro atoms. The Morgan fingerprint density at radius 3 is 2.46 bits per heavy atom. The molecule has 1 N–H and O–H groups in total. The van der Waals surface area contributed by atoms with Crippen LogP contribution in [0.3, 0.4) is 0 Å². The molecule has 1 aliphatic heterocycles. The smallest absolute Gasteiger partial charge is 0.387 e. The number of rotatable bonds is 7. The van der Waals surface area contributed by atoms with Gasteiger partial charge < -0.3 is 19.1 Å². The number of benzene rings is 1. The Bertz CT molecular complexity index is 1420. The van der Waals surface area contributed by atoms with Crippen molar-refractivity contribution in [3.8, 4) is 16.9 Å². The second-order valence-corrected chi connectivity index (χ2v) is 9.24. The Morgan fingerprint density at radius 1 is 1.08 bits per heavy atom. The number of piperidine rings is 1. The van der Waals surface area contributed by atoms with E-state index in [4.69, 9.17) is 4.74 Å². The Labute approximate surface area is 212 Å². The lowest BCUT2D eigenvalue weighted by Gasteiger charge is -2.30. The Balaban J connectivity index is 1.43. The van der Waals surface area contributed by atoms with Crippen LogP contribution in [0.25, 0.3) is 16.8 Å². The van der Waals surface area contributed by atoms with Gasteiger partial charge in [-0.15, -0.1) is 0 Å². The number of aliphatic carboxylic acids is 1. The normalized spacial score (nSPS) is 15.3. The van der Waals surface area contributed by atoms with Crippen LogP contribution in [0.2, 0.25) is 0 Å². The van der Waals surface area contributed by atoms with Crippen LogP contribution in [0.5, 0.6) is 5.75 Å². The predicted octanol–water partition coefficient (Wildman–Crippen LogP) is 5.15. The van der Waals surface area contributed by atoms with Gasteiger partial charge in [0.2, 0.25) is 5.95 Å². The summed E-state index contributed by atoms with van der Waals surface area (Å²) in [7, 11) is 0. The molecule has 8 nitrogen and oxygen atoms in total. The van der Waals surface area contributed by atoms with Gasteiger partial charge in [0.05, 0.1) is 17.3 Å². The minimum Gasteiger partial charge on any atom is -0.481 e. The number of hydrogen-bond donors (Lipinski definition) is 1. The highest BCUT2D eigenvalue weighted by Gasteiger charge is 2.26. The molecule has 1 aliphatic rings. The van der Waals surface area contributed by atoms with Gasteiger partial charge in [0, 0.05) is 54.3 Å². The number of aryl methyl sites for hydroxylation is 1. The summed E-state index contributed by atoms with van der Waals surface area (Å²) >= 11 is 0. The summed E-state index contributed by atoms with van der Waals surface area (Å²) in [4.78, 5) is 27.0. The van der Waals surface area contributed by atoms with Gasteiger partial charge in [-0.05, 0) is 38.0 Å². The molecule has 1 aromatic carbocycles. The molecular weight excluding hydrogens is 480 g/mol. The lowest BCUT2D eigenvalue weighted by Crippen LogP contribution is -2.37. The highest BCUT2D eigenvalue weighted by atomic mass is 19.3. The van der Waals surface area contributed by atoms with Crippen LogP contribution >= 0.6 is 0 Å². The number of carboxylic acid groups (broad SMARTS) is 1. The number of alkyl halides is 2. The minimum absolute atomic E-state index is 0.145. The zero-order chi connectivity index (χ0) is 26.1. The van der Waals surface area contributed by atoms with Gasteiger partial charge >= 0.3 is 12.6 Å². The Hall–Kier alpha value is -4.08. The summed E-state index contributed by atoms with van der Waals surface area (Å²) in [5.74, 6) is -0.595. The number of para-hydroxylation sites is 1. The summed E-state index contributed by atoms with van der Waals surface area (Å²) in [5, 5.41) is 9.21. The molecule has 1 unspecified atom stereocenters. The summed E-state index contributed by atoms with van der Waals surface area (Å²) in [6.45, 7) is 2.15. The van der Waals surface area contributed by atoms with E-state index in [9.17, 15) is 18.7 Å². The van der Waals surface area contributed by atoms with Crippen LogP contribution in [0.4, 0.5) is 14.7 Å². The van der Waals surface area contributed by atoms with E-state index in [2.05, 4.69) is 15.0 Å². The fraction of sp³-hybridized carbons (Fsp3) is 0.333. The Kier molecular flexibility index (Phi) is 6.73. The largest absolute Gasteiger partial charge is 0.481 e. The maximum absolute atomic E-state index is 13.0. The molecule has 10 heteroatoms. The first-order chi connectivity index (χ1) is 17.8. The molecule has 0 bridgehead atoms. The van der Waals surface area contributed by atoms with Crippen molar-refractivity contribution in [1.29, 1.82) is 0 Å². The van der Waals surface area contributed by atoms with Crippen LogP contribution in [0.15, 0.2) is 55.0 Å². The van der Waals surface area contributed by atoms with Gasteiger partial charge in [-0.25, -0.2) is 15.0 Å². The van der Waals surface area contributed by atoms with Crippen molar-refractivity contribution in [2.45, 2.75) is 39.2 Å². The molecule has 0 amide bonds. The van der Waals surface area contributed by atoms with Crippen LogP contribution in [0.1, 0.15) is 42.6 Å². The number of carbonyl (C=O) groups is 1. The predicted molar refractivity (Wildman–Crippen MR) is 134 cm³/mol. The molecular formula is C27H27F2N5O3. The first-order valence-electron chi connectivity index (χ1n) is 12.1. The van der Waals surface area contributed by atoms with Crippen LogP contribution < -0.4 is 9.64 Å². The van der Waals surface area contributed by atoms with Gasteiger partial charge in [-0.1, -0.05) is 25.1 Å². The number of aromatic nitrogens is 4. The number of anilines is 1. The van der Waals surface area contributed by atoms with E-state index in [1.165, 1.54) is 0 Å². The maximum Gasteiger partial charge on any atom is 0.387 e. The number of halogens is 2. The van der Waals surface area contributed by atoms with Gasteiger partial charge in [0.25, 0.3) is 0 Å². The molecule has 3 aromatic heterocycles. The van der Waals surface area contributed by atoms with Crippen molar-refractivity contribution < 1.29 is 23.4 Å². The third-order valence-corrected chi connectivity index (χ3v) is 6.95. The van der Waals surface area contributed by atoms with Crippen molar-refractivity contribution in [3.63, 3.8) is 0 Å². The van der Waals surface area contributed by atoms with Crippen LogP contribution in [0, 0.1) is 12.8 Å². The molecule has 1 saturated heterocycles. The number of pyridine rings is 1. The molecule has 0 radical (unpaired) electrons. The van der Waals surface area contributed by atoms with E-state index in [1.807, 2.05) is 41.5 Å². The number of ether oxygens (including phenoxy) is 1. The fourth-order valence-corrected chi connectivity index (χ4v) is 5.02. The van der Waals surface area contributed by atoms with E-state index in [1.54, 1.807) is 36.7 Å². The van der Waals surface area contributed by atoms with E-state index in [-0.39, 0.29) is 17.6 Å². The Morgan fingerprint density at radius 2 is 1.78 bits per heavy atom. The lowest BCUT2D eigenvalue weighted by atomic mass is 9.95. The quantitative estimate of drug-likeness (QED) is 0.370. The third-order valence-electron chi connectivity index (χ3n) is 6.95. The number of imidazole rings is 1. The molecule has 5 rings (SSSR count). The molecule has 4 aromatic rings. The lowest BCUT2D eigenvalue weighted by molar-refractivity contribution is -0.142. The minimum atomic E-state index is -2.91. The van der Waals surface area contributed by atoms with Crippen molar-refractivity contribution in [1.82, 2.24) is 19.4 Å². The third kappa shape index (κ3) is 4.96. The van der Waals surface area contributed by atoms with Crippen molar-refractivity contribution in [2.75, 3.05) is 18.0 Å². The molecule has 1 fully saturated rings. The number of carboxylic acids is 1.